The number of likely N-dealkylation sites (N-methyl/N-ethyl adjacent to an activating group) is 1. The Bertz CT molecular complexity index is 323. The third-order valence-corrected chi connectivity index (χ3v) is 5.39. The molecule has 3 N–H and O–H groups in total. The van der Waals surface area contributed by atoms with Crippen molar-refractivity contribution >= 4 is 5.91 Å². The molecule has 2 aliphatic rings. The first kappa shape index (κ1) is 17.7. The van der Waals surface area contributed by atoms with Gasteiger partial charge < -0.3 is 20.9 Å². The summed E-state index contributed by atoms with van der Waals surface area (Å²) >= 11 is 0. The van der Waals surface area contributed by atoms with Gasteiger partial charge in [-0.1, -0.05) is 26.2 Å². The van der Waals surface area contributed by atoms with Crippen molar-refractivity contribution in [3.63, 3.8) is 0 Å². The number of nitrogens with zero attached hydrogens (tertiary/aromatic N) is 2. The second-order valence-corrected chi connectivity index (χ2v) is 6.83. The Morgan fingerprint density at radius 1 is 1.14 bits per heavy atom. The molecule has 2 fully saturated rings. The predicted molar refractivity (Wildman–Crippen MR) is 90.7 cm³/mol. The van der Waals surface area contributed by atoms with Crippen molar-refractivity contribution in [2.45, 2.75) is 51.5 Å². The molecule has 1 aliphatic carbocycles. The second-order valence-electron chi connectivity index (χ2n) is 6.83. The van der Waals surface area contributed by atoms with E-state index in [0.29, 0.717) is 18.9 Å². The van der Waals surface area contributed by atoms with Crippen LogP contribution in [-0.2, 0) is 4.79 Å². The van der Waals surface area contributed by atoms with Crippen LogP contribution in [-0.4, -0.2) is 67.6 Å². The minimum absolute atomic E-state index is 0.180. The van der Waals surface area contributed by atoms with Gasteiger partial charge in [0.15, 0.2) is 0 Å². The zero-order valence-corrected chi connectivity index (χ0v) is 14.2. The number of carbonyl (C=O) groups is 1. The molecular formula is C17H34N4O. The molecule has 0 aromatic heterocycles. The van der Waals surface area contributed by atoms with Gasteiger partial charge in [0.25, 0.3) is 0 Å². The molecular weight excluding hydrogens is 276 g/mol. The number of nitrogens with one attached hydrogen (secondary N) is 1. The first-order chi connectivity index (χ1) is 10.7. The highest BCUT2D eigenvalue weighted by molar-refractivity contribution is 5.76. The van der Waals surface area contributed by atoms with Gasteiger partial charge in [-0.25, -0.2) is 0 Å². The molecule has 5 nitrogen and oxygen atoms in total. The van der Waals surface area contributed by atoms with Gasteiger partial charge in [0, 0.05) is 51.7 Å². The van der Waals surface area contributed by atoms with Gasteiger partial charge >= 0.3 is 0 Å². The van der Waals surface area contributed by atoms with E-state index in [2.05, 4.69) is 22.0 Å². The second kappa shape index (κ2) is 9.48. The Morgan fingerprint density at radius 2 is 1.77 bits per heavy atom. The lowest BCUT2D eigenvalue weighted by molar-refractivity contribution is -0.122. The number of amides is 1. The van der Waals surface area contributed by atoms with E-state index >= 15 is 0 Å². The van der Waals surface area contributed by atoms with Crippen molar-refractivity contribution in [3.05, 3.63) is 0 Å². The highest BCUT2D eigenvalue weighted by Crippen LogP contribution is 2.26. The molecule has 0 spiro atoms. The lowest BCUT2D eigenvalue weighted by Crippen LogP contribution is -2.49. The van der Waals surface area contributed by atoms with Crippen LogP contribution in [0.25, 0.3) is 0 Å². The summed E-state index contributed by atoms with van der Waals surface area (Å²) in [7, 11) is 0. The lowest BCUT2D eigenvalue weighted by atomic mass is 9.84. The summed E-state index contributed by atoms with van der Waals surface area (Å²) in [5.74, 6) is 0.773. The summed E-state index contributed by atoms with van der Waals surface area (Å²) in [6.07, 6.45) is 6.97. The normalized spacial score (nSPS) is 23.4. The van der Waals surface area contributed by atoms with Crippen LogP contribution in [0.4, 0.5) is 0 Å². The predicted octanol–water partition coefficient (Wildman–Crippen LogP) is 1.04. The standard InChI is InChI=1S/C17H34N4O/c1-2-20-10-12-21(13-11-20)9-8-17(22)19-16(14-18)15-6-4-3-5-7-15/h15-16H,2-14,18H2,1H3,(H,19,22). The molecule has 128 valence electrons. The molecule has 0 radical (unpaired) electrons. The molecule has 22 heavy (non-hydrogen) atoms. The van der Waals surface area contributed by atoms with Crippen LogP contribution in [0.15, 0.2) is 0 Å². The zero-order valence-electron chi connectivity index (χ0n) is 14.2. The van der Waals surface area contributed by atoms with Crippen molar-refractivity contribution < 1.29 is 4.79 Å². The molecule has 1 saturated carbocycles. The highest BCUT2D eigenvalue weighted by Gasteiger charge is 2.24. The van der Waals surface area contributed by atoms with Gasteiger partial charge in [-0.3, -0.25) is 4.79 Å². The van der Waals surface area contributed by atoms with Gasteiger partial charge in [0.1, 0.15) is 0 Å². The maximum Gasteiger partial charge on any atom is 0.221 e. The van der Waals surface area contributed by atoms with Crippen LogP contribution >= 0.6 is 0 Å². The third-order valence-electron chi connectivity index (χ3n) is 5.39. The van der Waals surface area contributed by atoms with Gasteiger partial charge in [-0.05, 0) is 25.3 Å². The highest BCUT2D eigenvalue weighted by atomic mass is 16.1. The SMILES string of the molecule is CCN1CCN(CCC(=O)NC(CN)C2CCCCC2)CC1. The van der Waals surface area contributed by atoms with Gasteiger partial charge in [0.05, 0.1) is 0 Å². The molecule has 1 unspecified atom stereocenters. The van der Waals surface area contributed by atoms with Crippen LogP contribution in [0.3, 0.4) is 0 Å². The van der Waals surface area contributed by atoms with Crippen LogP contribution in [0, 0.1) is 5.92 Å². The van der Waals surface area contributed by atoms with Crippen molar-refractivity contribution in [1.29, 1.82) is 0 Å². The van der Waals surface area contributed by atoms with Crippen LogP contribution < -0.4 is 11.1 Å². The molecule has 0 aromatic rings. The molecule has 1 heterocycles. The van der Waals surface area contributed by atoms with E-state index in [1.807, 2.05) is 0 Å². The average molecular weight is 310 g/mol. The topological polar surface area (TPSA) is 61.6 Å². The van der Waals surface area contributed by atoms with Crippen molar-refractivity contribution in [2.75, 3.05) is 45.8 Å². The zero-order chi connectivity index (χ0) is 15.8. The van der Waals surface area contributed by atoms with Gasteiger partial charge in [0.2, 0.25) is 5.91 Å². The molecule has 2 rings (SSSR count). The average Bonchev–Trinajstić information content (AvgIpc) is 2.59. The maximum atomic E-state index is 12.2. The summed E-state index contributed by atoms with van der Waals surface area (Å²) < 4.78 is 0. The summed E-state index contributed by atoms with van der Waals surface area (Å²) in [4.78, 5) is 17.1. The molecule has 1 amide bonds. The van der Waals surface area contributed by atoms with E-state index < -0.39 is 0 Å². The fourth-order valence-corrected chi connectivity index (χ4v) is 3.77. The Morgan fingerprint density at radius 3 is 2.36 bits per heavy atom. The summed E-state index contributed by atoms with van der Waals surface area (Å²) in [6.45, 7) is 9.23. The quantitative estimate of drug-likeness (QED) is 0.737. The molecule has 1 atom stereocenters. The Labute approximate surface area is 135 Å². The van der Waals surface area contributed by atoms with Crippen molar-refractivity contribution in [3.8, 4) is 0 Å². The summed E-state index contributed by atoms with van der Waals surface area (Å²) in [5.41, 5.74) is 5.89. The van der Waals surface area contributed by atoms with E-state index in [-0.39, 0.29) is 11.9 Å². The number of hydrogen-bond acceptors (Lipinski definition) is 4. The summed E-state index contributed by atoms with van der Waals surface area (Å²) in [6, 6.07) is 0.185. The van der Waals surface area contributed by atoms with E-state index in [9.17, 15) is 4.79 Å². The Balaban J connectivity index is 1.66. The van der Waals surface area contributed by atoms with E-state index in [1.165, 1.54) is 32.1 Å². The smallest absolute Gasteiger partial charge is 0.221 e. The van der Waals surface area contributed by atoms with Crippen molar-refractivity contribution in [2.24, 2.45) is 11.7 Å². The fourth-order valence-electron chi connectivity index (χ4n) is 3.77. The largest absolute Gasteiger partial charge is 0.352 e. The molecule has 1 aliphatic heterocycles. The van der Waals surface area contributed by atoms with E-state index in [4.69, 9.17) is 5.73 Å². The number of carbonyl (C=O) groups excluding carboxylic acids is 1. The maximum absolute atomic E-state index is 12.2. The number of rotatable bonds is 7. The third kappa shape index (κ3) is 5.52. The number of piperazine rings is 1. The van der Waals surface area contributed by atoms with Crippen molar-refractivity contribution in [1.82, 2.24) is 15.1 Å². The first-order valence-corrected chi connectivity index (χ1v) is 9.17. The van der Waals surface area contributed by atoms with E-state index in [0.717, 1.165) is 39.3 Å². The molecule has 5 heteroatoms. The fraction of sp³-hybridized carbons (Fsp3) is 0.941. The minimum Gasteiger partial charge on any atom is -0.352 e. The minimum atomic E-state index is 0.180. The van der Waals surface area contributed by atoms with Gasteiger partial charge in [-0.15, -0.1) is 0 Å². The molecule has 0 bridgehead atoms. The molecule has 1 saturated heterocycles. The van der Waals surface area contributed by atoms with E-state index in [1.54, 1.807) is 0 Å². The monoisotopic (exact) mass is 310 g/mol. The lowest BCUT2D eigenvalue weighted by Gasteiger charge is -2.34. The van der Waals surface area contributed by atoms with Crippen LogP contribution in [0.2, 0.25) is 0 Å². The molecule has 0 aromatic carbocycles. The number of nitrogens with two attached hydrogens (primary N) is 1. The Kier molecular flexibility index (Phi) is 7.63. The van der Waals surface area contributed by atoms with Crippen LogP contribution in [0.5, 0.6) is 0 Å². The number of hydrogen-bond donors (Lipinski definition) is 2. The Hall–Kier alpha value is -0.650. The first-order valence-electron chi connectivity index (χ1n) is 9.17. The van der Waals surface area contributed by atoms with Gasteiger partial charge in [-0.2, -0.15) is 0 Å². The van der Waals surface area contributed by atoms with Crippen LogP contribution in [0.1, 0.15) is 45.4 Å². The summed E-state index contributed by atoms with van der Waals surface area (Å²) in [5, 5.41) is 3.19.